The van der Waals surface area contributed by atoms with Crippen molar-refractivity contribution in [1.29, 1.82) is 0 Å². The number of rotatable bonds is 6. The fraction of sp³-hybridized carbons (Fsp3) is 0.455. The molecule has 0 heterocycles. The molecular formula is C11H17O2PS. The molecule has 1 unspecified atom stereocenters. The highest BCUT2D eigenvalue weighted by molar-refractivity contribution is 8.13. The average Bonchev–Trinajstić information content (AvgIpc) is 2.26. The average molecular weight is 244 g/mol. The Bertz CT molecular complexity index is 327. The molecule has 0 saturated heterocycles. The number of hydrogen-bond donors (Lipinski definition) is 1. The maximum Gasteiger partial charge on any atom is 0.216 e. The second-order valence-electron chi connectivity index (χ2n) is 3.40. The standard InChI is InChI=1S/C11H17O2PS/c1-2-3-7-10-13-14(12,15)11-8-5-4-6-9-11/h4-6,8-9H,2-3,7,10H2,1H3,(H,12,15). The Balaban J connectivity index is 2.49. The summed E-state index contributed by atoms with van der Waals surface area (Å²) >= 11 is 5.10. The summed E-state index contributed by atoms with van der Waals surface area (Å²) in [6.07, 6.45) is 3.22. The Morgan fingerprint density at radius 1 is 1.27 bits per heavy atom. The van der Waals surface area contributed by atoms with Crippen LogP contribution in [0.25, 0.3) is 0 Å². The summed E-state index contributed by atoms with van der Waals surface area (Å²) < 4.78 is 5.40. The lowest BCUT2D eigenvalue weighted by molar-refractivity contribution is 0.304. The minimum atomic E-state index is -2.75. The molecular weight excluding hydrogens is 227 g/mol. The van der Waals surface area contributed by atoms with E-state index in [9.17, 15) is 4.89 Å². The van der Waals surface area contributed by atoms with Crippen LogP contribution < -0.4 is 5.30 Å². The van der Waals surface area contributed by atoms with Crippen LogP contribution in [0.15, 0.2) is 30.3 Å². The van der Waals surface area contributed by atoms with Gasteiger partial charge >= 0.3 is 0 Å². The molecule has 2 nitrogen and oxygen atoms in total. The van der Waals surface area contributed by atoms with Crippen molar-refractivity contribution in [2.45, 2.75) is 26.2 Å². The van der Waals surface area contributed by atoms with Gasteiger partial charge in [0, 0.05) is 5.30 Å². The maximum atomic E-state index is 9.99. The Morgan fingerprint density at radius 2 is 1.93 bits per heavy atom. The molecule has 0 radical (unpaired) electrons. The van der Waals surface area contributed by atoms with Crippen LogP contribution in [-0.4, -0.2) is 11.5 Å². The van der Waals surface area contributed by atoms with E-state index in [4.69, 9.17) is 16.3 Å². The largest absolute Gasteiger partial charge is 0.342 e. The quantitative estimate of drug-likeness (QED) is 0.616. The highest BCUT2D eigenvalue weighted by Crippen LogP contribution is 2.40. The van der Waals surface area contributed by atoms with E-state index in [1.807, 2.05) is 30.3 Å². The molecule has 0 spiro atoms. The lowest BCUT2D eigenvalue weighted by Gasteiger charge is -2.15. The van der Waals surface area contributed by atoms with Crippen LogP contribution in [0, 0.1) is 0 Å². The smallest absolute Gasteiger partial charge is 0.216 e. The molecule has 0 aliphatic carbocycles. The Morgan fingerprint density at radius 3 is 2.53 bits per heavy atom. The first-order chi connectivity index (χ1) is 7.17. The highest BCUT2D eigenvalue weighted by Gasteiger charge is 2.15. The molecule has 4 heteroatoms. The molecule has 0 aliphatic rings. The fourth-order valence-electron chi connectivity index (χ4n) is 1.23. The minimum Gasteiger partial charge on any atom is -0.342 e. The van der Waals surface area contributed by atoms with Gasteiger partial charge in [-0.15, -0.1) is 0 Å². The van der Waals surface area contributed by atoms with Gasteiger partial charge in [-0.25, -0.2) is 0 Å². The molecule has 0 aliphatic heterocycles. The van der Waals surface area contributed by atoms with Crippen molar-refractivity contribution in [3.8, 4) is 0 Å². The van der Waals surface area contributed by atoms with Crippen molar-refractivity contribution < 1.29 is 9.42 Å². The second-order valence-corrected chi connectivity index (χ2v) is 6.70. The zero-order valence-electron chi connectivity index (χ0n) is 8.93. The Hall–Kier alpha value is -0.210. The normalized spacial score (nSPS) is 14.8. The first-order valence-electron chi connectivity index (χ1n) is 5.20. The molecule has 1 aromatic carbocycles. The summed E-state index contributed by atoms with van der Waals surface area (Å²) in [6.45, 7) is -0.0685. The van der Waals surface area contributed by atoms with Gasteiger partial charge in [0.15, 0.2) is 0 Å². The predicted molar refractivity (Wildman–Crippen MR) is 68.1 cm³/mol. The van der Waals surface area contributed by atoms with Gasteiger partial charge in [-0.2, -0.15) is 0 Å². The van der Waals surface area contributed by atoms with Gasteiger partial charge in [-0.05, 0) is 30.4 Å². The monoisotopic (exact) mass is 244 g/mol. The highest BCUT2D eigenvalue weighted by atomic mass is 32.5. The van der Waals surface area contributed by atoms with Gasteiger partial charge in [-0.3, -0.25) is 0 Å². The molecule has 84 valence electrons. The number of hydrogen-bond acceptors (Lipinski definition) is 2. The molecule has 15 heavy (non-hydrogen) atoms. The van der Waals surface area contributed by atoms with Gasteiger partial charge in [0.2, 0.25) is 6.49 Å². The van der Waals surface area contributed by atoms with Gasteiger partial charge in [-0.1, -0.05) is 38.0 Å². The van der Waals surface area contributed by atoms with E-state index in [1.165, 1.54) is 0 Å². The summed E-state index contributed by atoms with van der Waals surface area (Å²) in [5.41, 5.74) is 0. The summed E-state index contributed by atoms with van der Waals surface area (Å²) in [6, 6.07) is 9.27. The Labute approximate surface area is 96.5 Å². The van der Waals surface area contributed by atoms with Crippen molar-refractivity contribution in [2.24, 2.45) is 0 Å². The SMILES string of the molecule is CCCCCOP(O)(=S)c1ccccc1. The van der Waals surface area contributed by atoms with E-state index in [2.05, 4.69) is 6.92 Å². The summed E-state index contributed by atoms with van der Waals surface area (Å²) in [5, 5.41) is 0.733. The lowest BCUT2D eigenvalue weighted by Crippen LogP contribution is -2.06. The molecule has 0 amide bonds. The van der Waals surface area contributed by atoms with Crippen molar-refractivity contribution >= 4 is 23.6 Å². The zero-order chi connectivity index (χ0) is 11.1. The fourth-order valence-corrected chi connectivity index (χ4v) is 2.89. The van der Waals surface area contributed by atoms with Gasteiger partial charge in [0.1, 0.15) is 0 Å². The predicted octanol–water partition coefficient (Wildman–Crippen LogP) is 2.82. The van der Waals surface area contributed by atoms with Crippen LogP contribution in [0.5, 0.6) is 0 Å². The van der Waals surface area contributed by atoms with Gasteiger partial charge in [0.05, 0.1) is 6.61 Å². The van der Waals surface area contributed by atoms with E-state index < -0.39 is 6.49 Å². The minimum absolute atomic E-state index is 0.552. The zero-order valence-corrected chi connectivity index (χ0v) is 10.6. The molecule has 1 aromatic rings. The van der Waals surface area contributed by atoms with Crippen LogP contribution in [0.4, 0.5) is 0 Å². The van der Waals surface area contributed by atoms with Crippen molar-refractivity contribution in [3.63, 3.8) is 0 Å². The van der Waals surface area contributed by atoms with E-state index in [1.54, 1.807) is 0 Å². The van der Waals surface area contributed by atoms with Crippen LogP contribution in [0.3, 0.4) is 0 Å². The van der Waals surface area contributed by atoms with Crippen LogP contribution in [0.2, 0.25) is 0 Å². The van der Waals surface area contributed by atoms with Crippen molar-refractivity contribution in [2.75, 3.05) is 6.61 Å². The topological polar surface area (TPSA) is 29.5 Å². The van der Waals surface area contributed by atoms with E-state index in [0.29, 0.717) is 6.61 Å². The van der Waals surface area contributed by atoms with Gasteiger partial charge in [0.25, 0.3) is 0 Å². The maximum absolute atomic E-state index is 9.99. The molecule has 0 fully saturated rings. The number of benzene rings is 1. The molecule has 0 bridgehead atoms. The van der Waals surface area contributed by atoms with E-state index >= 15 is 0 Å². The lowest BCUT2D eigenvalue weighted by atomic mass is 10.3. The van der Waals surface area contributed by atoms with Crippen molar-refractivity contribution in [1.82, 2.24) is 0 Å². The summed E-state index contributed by atoms with van der Waals surface area (Å²) in [4.78, 5) is 9.99. The van der Waals surface area contributed by atoms with Crippen LogP contribution >= 0.6 is 6.49 Å². The van der Waals surface area contributed by atoms with Crippen LogP contribution in [-0.2, 0) is 16.3 Å². The Kier molecular flexibility index (Phi) is 5.48. The molecule has 1 rings (SSSR count). The molecule has 0 saturated carbocycles. The second kappa shape index (κ2) is 6.39. The molecule has 1 N–H and O–H groups in total. The van der Waals surface area contributed by atoms with E-state index in [-0.39, 0.29) is 0 Å². The summed E-state index contributed by atoms with van der Waals surface area (Å²) in [7, 11) is 0. The van der Waals surface area contributed by atoms with Crippen molar-refractivity contribution in [3.05, 3.63) is 30.3 Å². The third kappa shape index (κ3) is 4.43. The molecule has 1 atom stereocenters. The van der Waals surface area contributed by atoms with E-state index in [0.717, 1.165) is 24.6 Å². The summed E-state index contributed by atoms with van der Waals surface area (Å²) in [5.74, 6) is 0. The third-order valence-corrected chi connectivity index (χ3v) is 4.53. The van der Waals surface area contributed by atoms with Gasteiger partial charge < -0.3 is 9.42 Å². The number of unbranched alkanes of at least 4 members (excludes halogenated alkanes) is 2. The third-order valence-electron chi connectivity index (χ3n) is 2.10. The van der Waals surface area contributed by atoms with Crippen LogP contribution in [0.1, 0.15) is 26.2 Å². The first-order valence-corrected chi connectivity index (χ1v) is 7.87. The molecule has 0 aromatic heterocycles. The first kappa shape index (κ1) is 12.9.